The molecule has 0 fully saturated rings. The van der Waals surface area contributed by atoms with E-state index in [0.29, 0.717) is 17.7 Å². The van der Waals surface area contributed by atoms with Gasteiger partial charge in [0.05, 0.1) is 11.7 Å². The van der Waals surface area contributed by atoms with Crippen molar-refractivity contribution in [2.45, 2.75) is 26.4 Å². The van der Waals surface area contributed by atoms with Gasteiger partial charge < -0.3 is 14.8 Å². The first-order valence-corrected chi connectivity index (χ1v) is 6.76. The van der Waals surface area contributed by atoms with E-state index in [0.717, 1.165) is 5.76 Å². The lowest BCUT2D eigenvalue weighted by molar-refractivity contribution is 0.0938. The summed E-state index contributed by atoms with van der Waals surface area (Å²) in [7, 11) is 0. The highest BCUT2D eigenvalue weighted by Crippen LogP contribution is 2.23. The minimum atomic E-state index is -0.719. The number of aliphatic hydroxyl groups is 1. The predicted octanol–water partition coefficient (Wildman–Crippen LogP) is 2.89. The Bertz CT molecular complexity index is 636. The monoisotopic (exact) mass is 291 g/mol. The fourth-order valence-corrected chi connectivity index (χ4v) is 2.20. The number of halogens is 1. The van der Waals surface area contributed by atoms with Gasteiger partial charge in [0.1, 0.15) is 17.3 Å². The summed E-state index contributed by atoms with van der Waals surface area (Å²) in [6.07, 6.45) is -0.386. The van der Waals surface area contributed by atoms with E-state index in [1.165, 1.54) is 18.2 Å². The summed E-state index contributed by atoms with van der Waals surface area (Å²) in [5.74, 6) is 0.356. The van der Waals surface area contributed by atoms with Gasteiger partial charge in [0.15, 0.2) is 0 Å². The van der Waals surface area contributed by atoms with Gasteiger partial charge in [-0.1, -0.05) is 12.1 Å². The quantitative estimate of drug-likeness (QED) is 0.890. The van der Waals surface area contributed by atoms with Crippen LogP contribution in [0.15, 0.2) is 34.7 Å². The Balaban J connectivity index is 1.88. The van der Waals surface area contributed by atoms with Gasteiger partial charge in [-0.15, -0.1) is 0 Å². The molecule has 2 aromatic rings. The Hall–Kier alpha value is -2.14. The Morgan fingerprint density at radius 1 is 1.38 bits per heavy atom. The second kappa shape index (κ2) is 6.54. The van der Waals surface area contributed by atoms with Crippen molar-refractivity contribution >= 4 is 5.91 Å². The lowest BCUT2D eigenvalue weighted by Crippen LogP contribution is -2.26. The number of carbonyl (C=O) groups is 1. The van der Waals surface area contributed by atoms with Gasteiger partial charge in [0.2, 0.25) is 0 Å². The zero-order valence-electron chi connectivity index (χ0n) is 12.0. The van der Waals surface area contributed by atoms with Crippen molar-refractivity contribution in [1.82, 2.24) is 5.32 Å². The maximum atomic E-state index is 13.4. The van der Waals surface area contributed by atoms with Crippen LogP contribution in [-0.2, 0) is 0 Å². The molecule has 21 heavy (non-hydrogen) atoms. The van der Waals surface area contributed by atoms with Gasteiger partial charge in [-0.3, -0.25) is 4.79 Å². The molecule has 112 valence electrons. The van der Waals surface area contributed by atoms with Crippen LogP contribution in [0.25, 0.3) is 0 Å². The number of aliphatic hydroxyl groups excluding tert-OH is 1. The molecule has 0 aliphatic carbocycles. The third-order valence-electron chi connectivity index (χ3n) is 3.26. The van der Waals surface area contributed by atoms with Crippen molar-refractivity contribution in [3.8, 4) is 0 Å². The number of hydrogen-bond acceptors (Lipinski definition) is 3. The molecule has 1 aromatic carbocycles. The number of hydrogen-bond donors (Lipinski definition) is 2. The molecule has 5 heteroatoms. The molecular weight excluding hydrogens is 273 g/mol. The highest BCUT2D eigenvalue weighted by Gasteiger charge is 2.15. The molecule has 0 saturated carbocycles. The number of rotatable bonds is 5. The molecule has 1 amide bonds. The summed E-state index contributed by atoms with van der Waals surface area (Å²) in [4.78, 5) is 11.8. The summed E-state index contributed by atoms with van der Waals surface area (Å²) in [6, 6.07) is 7.56. The second-order valence-corrected chi connectivity index (χ2v) is 4.91. The SMILES string of the molecule is Cc1cc(C(O)CCNC(=O)c2ccccc2F)c(C)o1. The van der Waals surface area contributed by atoms with Crippen molar-refractivity contribution in [3.05, 3.63) is 58.8 Å². The molecule has 2 N–H and O–H groups in total. The van der Waals surface area contributed by atoms with Crippen molar-refractivity contribution in [2.75, 3.05) is 6.54 Å². The summed E-state index contributed by atoms with van der Waals surface area (Å²) in [6.45, 7) is 3.84. The number of aryl methyl sites for hydroxylation is 2. The van der Waals surface area contributed by atoms with E-state index in [2.05, 4.69) is 5.32 Å². The summed E-state index contributed by atoms with van der Waals surface area (Å²) in [5.41, 5.74) is 0.718. The van der Waals surface area contributed by atoms with Crippen LogP contribution in [0, 0.1) is 19.7 Å². The van der Waals surface area contributed by atoms with Gasteiger partial charge in [-0.2, -0.15) is 0 Å². The average Bonchev–Trinajstić information content (AvgIpc) is 2.78. The van der Waals surface area contributed by atoms with E-state index in [4.69, 9.17) is 4.42 Å². The van der Waals surface area contributed by atoms with Crippen LogP contribution < -0.4 is 5.32 Å². The van der Waals surface area contributed by atoms with Crippen LogP contribution in [0.5, 0.6) is 0 Å². The van der Waals surface area contributed by atoms with Crippen LogP contribution in [-0.4, -0.2) is 17.6 Å². The maximum absolute atomic E-state index is 13.4. The highest BCUT2D eigenvalue weighted by molar-refractivity contribution is 5.94. The first-order chi connectivity index (χ1) is 9.99. The van der Waals surface area contributed by atoms with Gasteiger partial charge in [0.25, 0.3) is 5.91 Å². The van der Waals surface area contributed by atoms with Gasteiger partial charge >= 0.3 is 0 Å². The lowest BCUT2D eigenvalue weighted by Gasteiger charge is -2.11. The minimum absolute atomic E-state index is 0.00215. The van der Waals surface area contributed by atoms with E-state index in [1.54, 1.807) is 19.1 Å². The Morgan fingerprint density at radius 2 is 2.10 bits per heavy atom. The third kappa shape index (κ3) is 3.70. The Kier molecular flexibility index (Phi) is 4.75. The van der Waals surface area contributed by atoms with Crippen molar-refractivity contribution < 1.29 is 18.7 Å². The summed E-state index contributed by atoms with van der Waals surface area (Å²) >= 11 is 0. The predicted molar refractivity (Wildman–Crippen MR) is 76.5 cm³/mol. The largest absolute Gasteiger partial charge is 0.466 e. The fourth-order valence-electron chi connectivity index (χ4n) is 2.20. The van der Waals surface area contributed by atoms with E-state index in [9.17, 15) is 14.3 Å². The normalized spacial score (nSPS) is 12.2. The van der Waals surface area contributed by atoms with Crippen molar-refractivity contribution in [3.63, 3.8) is 0 Å². The molecule has 0 bridgehead atoms. The maximum Gasteiger partial charge on any atom is 0.254 e. The topological polar surface area (TPSA) is 62.5 Å². The molecule has 0 saturated heterocycles. The van der Waals surface area contributed by atoms with Crippen LogP contribution in [0.2, 0.25) is 0 Å². The molecule has 1 unspecified atom stereocenters. The first kappa shape index (κ1) is 15.3. The number of carbonyl (C=O) groups excluding carboxylic acids is 1. The molecule has 1 atom stereocenters. The summed E-state index contributed by atoms with van der Waals surface area (Å²) in [5, 5.41) is 12.7. The average molecular weight is 291 g/mol. The smallest absolute Gasteiger partial charge is 0.254 e. The zero-order chi connectivity index (χ0) is 15.4. The molecule has 0 spiro atoms. The highest BCUT2D eigenvalue weighted by atomic mass is 19.1. The molecule has 4 nitrogen and oxygen atoms in total. The minimum Gasteiger partial charge on any atom is -0.466 e. The molecule has 1 heterocycles. The van der Waals surface area contributed by atoms with Crippen LogP contribution in [0.4, 0.5) is 4.39 Å². The van der Waals surface area contributed by atoms with Crippen LogP contribution >= 0.6 is 0 Å². The van der Waals surface area contributed by atoms with E-state index < -0.39 is 17.8 Å². The van der Waals surface area contributed by atoms with E-state index in [-0.39, 0.29) is 12.1 Å². The van der Waals surface area contributed by atoms with Crippen molar-refractivity contribution in [2.24, 2.45) is 0 Å². The zero-order valence-corrected chi connectivity index (χ0v) is 12.0. The van der Waals surface area contributed by atoms with Gasteiger partial charge in [-0.25, -0.2) is 4.39 Å². The molecular formula is C16H18FNO3. The number of nitrogens with one attached hydrogen (secondary N) is 1. The number of benzene rings is 1. The molecule has 0 aliphatic rings. The molecule has 0 radical (unpaired) electrons. The Morgan fingerprint density at radius 3 is 2.71 bits per heavy atom. The standard InChI is InChI=1S/C16H18FNO3/c1-10-9-13(11(2)21-10)15(19)7-8-18-16(20)12-5-3-4-6-14(12)17/h3-6,9,15,19H,7-8H2,1-2H3,(H,18,20). The van der Waals surface area contributed by atoms with Crippen molar-refractivity contribution in [1.29, 1.82) is 0 Å². The Labute approximate surface area is 122 Å². The van der Waals surface area contributed by atoms with Gasteiger partial charge in [0, 0.05) is 12.1 Å². The fraction of sp³-hybridized carbons (Fsp3) is 0.312. The molecule has 2 rings (SSSR count). The van der Waals surface area contributed by atoms with Crippen LogP contribution in [0.1, 0.15) is 40.0 Å². The van der Waals surface area contributed by atoms with E-state index in [1.807, 2.05) is 6.92 Å². The van der Waals surface area contributed by atoms with Crippen LogP contribution in [0.3, 0.4) is 0 Å². The number of amides is 1. The third-order valence-corrected chi connectivity index (χ3v) is 3.26. The molecule has 1 aromatic heterocycles. The van der Waals surface area contributed by atoms with Gasteiger partial charge in [-0.05, 0) is 38.5 Å². The summed E-state index contributed by atoms with van der Waals surface area (Å²) < 4.78 is 18.8. The number of furan rings is 1. The van der Waals surface area contributed by atoms with E-state index >= 15 is 0 Å². The molecule has 0 aliphatic heterocycles. The first-order valence-electron chi connectivity index (χ1n) is 6.76. The second-order valence-electron chi connectivity index (χ2n) is 4.91. The lowest BCUT2D eigenvalue weighted by atomic mass is 10.1.